The Morgan fingerprint density at radius 3 is 2.39 bits per heavy atom. The van der Waals surface area contributed by atoms with E-state index in [1.165, 1.54) is 23.5 Å². The van der Waals surface area contributed by atoms with Gasteiger partial charge in [0.05, 0.1) is 5.75 Å². The van der Waals surface area contributed by atoms with Gasteiger partial charge < -0.3 is 0 Å². The van der Waals surface area contributed by atoms with Crippen molar-refractivity contribution in [1.29, 1.82) is 0 Å². The molecule has 1 unspecified atom stereocenters. The number of alkyl halides is 1. The monoisotopic (exact) mass is 293 g/mol. The highest BCUT2D eigenvalue weighted by molar-refractivity contribution is 7.89. The van der Waals surface area contributed by atoms with E-state index in [0.29, 0.717) is 12.3 Å². The van der Waals surface area contributed by atoms with Gasteiger partial charge in [-0.2, -0.15) is 4.31 Å². The highest BCUT2D eigenvalue weighted by atomic mass is 35.5. The largest absolute Gasteiger partial charge is 0.214 e. The lowest BCUT2D eigenvalue weighted by molar-refractivity contribution is 0.398. The highest BCUT2D eigenvalue weighted by Crippen LogP contribution is 2.22. The van der Waals surface area contributed by atoms with E-state index in [1.807, 2.05) is 0 Å². The second-order valence-corrected chi connectivity index (χ2v) is 6.63. The Morgan fingerprint density at radius 2 is 1.89 bits per heavy atom. The van der Waals surface area contributed by atoms with Gasteiger partial charge >= 0.3 is 0 Å². The highest BCUT2D eigenvalue weighted by Gasteiger charge is 2.23. The maximum Gasteiger partial charge on any atom is 0.214 e. The Morgan fingerprint density at radius 1 is 1.33 bits per heavy atom. The smallest absolute Gasteiger partial charge is 0.212 e. The summed E-state index contributed by atoms with van der Waals surface area (Å²) in [6.07, 6.45) is 0.421. The van der Waals surface area contributed by atoms with Crippen LogP contribution in [-0.2, 0) is 10.0 Å². The molecule has 6 heteroatoms. The van der Waals surface area contributed by atoms with Crippen molar-refractivity contribution in [3.8, 4) is 0 Å². The van der Waals surface area contributed by atoms with Gasteiger partial charge in [-0.25, -0.2) is 12.8 Å². The Balaban J connectivity index is 2.83. The van der Waals surface area contributed by atoms with Gasteiger partial charge in [0.15, 0.2) is 0 Å². The predicted molar refractivity (Wildman–Crippen MR) is 71.7 cm³/mol. The standard InChI is InChI=1S/C12H17ClFNO2S/c1-10(11-4-6-12(14)7-5-11)15(2)18(16,17)9-3-8-13/h4-7,10H,3,8-9H2,1-2H3. The molecule has 0 heterocycles. The zero-order valence-corrected chi connectivity index (χ0v) is 12.0. The number of benzene rings is 1. The van der Waals surface area contributed by atoms with Crippen molar-refractivity contribution >= 4 is 21.6 Å². The summed E-state index contributed by atoms with van der Waals surface area (Å²) >= 11 is 5.50. The van der Waals surface area contributed by atoms with Gasteiger partial charge in [0, 0.05) is 19.0 Å². The van der Waals surface area contributed by atoms with Crippen LogP contribution in [0.15, 0.2) is 24.3 Å². The molecule has 1 aromatic carbocycles. The van der Waals surface area contributed by atoms with Gasteiger partial charge in [0.25, 0.3) is 0 Å². The molecule has 3 nitrogen and oxygen atoms in total. The molecule has 1 atom stereocenters. The Kier molecular flexibility index (Phi) is 5.56. The van der Waals surface area contributed by atoms with Crippen LogP contribution in [0.3, 0.4) is 0 Å². The van der Waals surface area contributed by atoms with Gasteiger partial charge in [-0.05, 0) is 31.0 Å². The number of rotatable bonds is 6. The Bertz CT molecular complexity index is 475. The summed E-state index contributed by atoms with van der Waals surface area (Å²) in [5.41, 5.74) is 0.758. The van der Waals surface area contributed by atoms with Crippen LogP contribution < -0.4 is 0 Å². The SMILES string of the molecule is CC(c1ccc(F)cc1)N(C)S(=O)(=O)CCCCl. The first-order chi connectivity index (χ1) is 8.38. The van der Waals surface area contributed by atoms with Gasteiger partial charge in [0.1, 0.15) is 5.82 Å². The fourth-order valence-electron chi connectivity index (χ4n) is 1.57. The van der Waals surface area contributed by atoms with E-state index in [4.69, 9.17) is 11.6 Å². The lowest BCUT2D eigenvalue weighted by Gasteiger charge is -2.24. The molecule has 0 saturated carbocycles. The molecule has 0 radical (unpaired) electrons. The maximum absolute atomic E-state index is 12.8. The van der Waals surface area contributed by atoms with E-state index in [9.17, 15) is 12.8 Å². The van der Waals surface area contributed by atoms with Crippen LogP contribution in [0, 0.1) is 5.82 Å². The van der Waals surface area contributed by atoms with E-state index >= 15 is 0 Å². The van der Waals surface area contributed by atoms with E-state index in [-0.39, 0.29) is 17.6 Å². The molecule has 0 amide bonds. The third-order valence-corrected chi connectivity index (χ3v) is 5.14. The van der Waals surface area contributed by atoms with E-state index in [0.717, 1.165) is 5.56 Å². The molecule has 0 spiro atoms. The summed E-state index contributed by atoms with van der Waals surface area (Å²) in [7, 11) is -1.80. The average Bonchev–Trinajstić information content (AvgIpc) is 2.35. The van der Waals surface area contributed by atoms with Gasteiger partial charge in [0.2, 0.25) is 10.0 Å². The summed E-state index contributed by atoms with van der Waals surface area (Å²) in [5, 5.41) is 0. The molecule has 0 aromatic heterocycles. The predicted octanol–water partition coefficient (Wildman–Crippen LogP) is 2.78. The zero-order chi connectivity index (χ0) is 13.8. The molecule has 0 bridgehead atoms. The molecule has 0 aliphatic rings. The van der Waals surface area contributed by atoms with E-state index in [2.05, 4.69) is 0 Å². The molecule has 0 aliphatic carbocycles. The normalized spacial score (nSPS) is 13.8. The van der Waals surface area contributed by atoms with Crippen molar-refractivity contribution in [3.05, 3.63) is 35.6 Å². The van der Waals surface area contributed by atoms with Crippen molar-refractivity contribution in [1.82, 2.24) is 4.31 Å². The van der Waals surface area contributed by atoms with Crippen LogP contribution >= 0.6 is 11.6 Å². The number of hydrogen-bond donors (Lipinski definition) is 0. The average molecular weight is 294 g/mol. The fourth-order valence-corrected chi connectivity index (χ4v) is 3.27. The first-order valence-corrected chi connectivity index (χ1v) is 7.80. The second kappa shape index (κ2) is 6.50. The molecule has 0 fully saturated rings. The zero-order valence-electron chi connectivity index (χ0n) is 10.4. The topological polar surface area (TPSA) is 37.4 Å². The van der Waals surface area contributed by atoms with Crippen molar-refractivity contribution < 1.29 is 12.8 Å². The molecule has 0 aliphatic heterocycles. The maximum atomic E-state index is 12.8. The summed E-state index contributed by atoms with van der Waals surface area (Å²) < 4.78 is 38.0. The molecule has 0 saturated heterocycles. The van der Waals surface area contributed by atoms with E-state index < -0.39 is 10.0 Å². The second-order valence-electron chi connectivity index (χ2n) is 4.10. The quantitative estimate of drug-likeness (QED) is 0.756. The number of hydrogen-bond acceptors (Lipinski definition) is 2. The van der Waals surface area contributed by atoms with Gasteiger partial charge in [-0.15, -0.1) is 11.6 Å². The van der Waals surface area contributed by atoms with Gasteiger partial charge in [-0.1, -0.05) is 12.1 Å². The molecule has 102 valence electrons. The van der Waals surface area contributed by atoms with Crippen molar-refractivity contribution in [2.24, 2.45) is 0 Å². The Hall–Kier alpha value is -0.650. The van der Waals surface area contributed by atoms with Crippen LogP contribution in [0.1, 0.15) is 24.9 Å². The summed E-state index contributed by atoms with van der Waals surface area (Å²) in [6, 6.07) is 5.50. The lowest BCUT2D eigenvalue weighted by Crippen LogP contribution is -2.31. The number of sulfonamides is 1. The minimum absolute atomic E-state index is 0.0263. The molecule has 1 rings (SSSR count). The summed E-state index contributed by atoms with van der Waals surface area (Å²) in [5.74, 6) is 0.00915. The van der Waals surface area contributed by atoms with Crippen molar-refractivity contribution in [2.45, 2.75) is 19.4 Å². The Labute approximate surface area is 113 Å². The third kappa shape index (κ3) is 3.93. The van der Waals surface area contributed by atoms with Crippen molar-refractivity contribution in [3.63, 3.8) is 0 Å². The molecular weight excluding hydrogens is 277 g/mol. The molecule has 1 aromatic rings. The molecule has 0 N–H and O–H groups in total. The number of nitrogens with zero attached hydrogens (tertiary/aromatic N) is 1. The first-order valence-electron chi connectivity index (χ1n) is 5.65. The lowest BCUT2D eigenvalue weighted by atomic mass is 10.1. The van der Waals surface area contributed by atoms with Gasteiger partial charge in [-0.3, -0.25) is 0 Å². The van der Waals surface area contributed by atoms with Crippen LogP contribution in [0.4, 0.5) is 4.39 Å². The summed E-state index contributed by atoms with van der Waals surface area (Å²) in [6.45, 7) is 1.77. The van der Waals surface area contributed by atoms with Crippen LogP contribution in [0.5, 0.6) is 0 Å². The third-order valence-electron chi connectivity index (χ3n) is 2.87. The fraction of sp³-hybridized carbons (Fsp3) is 0.500. The first kappa shape index (κ1) is 15.4. The van der Waals surface area contributed by atoms with Crippen molar-refractivity contribution in [2.75, 3.05) is 18.7 Å². The minimum atomic E-state index is -3.32. The molecule has 18 heavy (non-hydrogen) atoms. The summed E-state index contributed by atoms with van der Waals surface area (Å²) in [4.78, 5) is 0. The van der Waals surface area contributed by atoms with Crippen LogP contribution in [-0.4, -0.2) is 31.4 Å². The van der Waals surface area contributed by atoms with Crippen LogP contribution in [0.25, 0.3) is 0 Å². The number of halogens is 2. The molecular formula is C12H17ClFNO2S. The van der Waals surface area contributed by atoms with E-state index in [1.54, 1.807) is 19.1 Å². The minimum Gasteiger partial charge on any atom is -0.212 e. The van der Waals surface area contributed by atoms with Crippen LogP contribution in [0.2, 0.25) is 0 Å².